The SMILES string of the molecule is CN=C(NCCc1csc(N2CCCC2)n1)NC(C)c1cccc(-n2cccn2)c1.I. The van der Waals surface area contributed by atoms with Crippen LogP contribution in [-0.4, -0.2) is 47.4 Å². The molecule has 4 rings (SSSR count). The summed E-state index contributed by atoms with van der Waals surface area (Å²) in [7, 11) is 1.80. The number of thiazole rings is 1. The Kier molecular flexibility index (Phi) is 8.70. The quantitative estimate of drug-likeness (QED) is 0.264. The highest BCUT2D eigenvalue weighted by molar-refractivity contribution is 14.0. The minimum atomic E-state index is 0. The summed E-state index contributed by atoms with van der Waals surface area (Å²) in [5, 5.41) is 14.5. The Hall–Kier alpha value is -2.14. The molecule has 0 spiro atoms. The Balaban J connectivity index is 0.00000272. The summed E-state index contributed by atoms with van der Waals surface area (Å²) in [4.78, 5) is 11.6. The van der Waals surface area contributed by atoms with Crippen molar-refractivity contribution in [1.82, 2.24) is 25.4 Å². The van der Waals surface area contributed by atoms with E-state index in [0.717, 1.165) is 48.5 Å². The smallest absolute Gasteiger partial charge is 0.191 e. The average Bonchev–Trinajstić information content (AvgIpc) is 3.55. The van der Waals surface area contributed by atoms with Crippen molar-refractivity contribution in [2.75, 3.05) is 31.6 Å². The van der Waals surface area contributed by atoms with Crippen molar-refractivity contribution < 1.29 is 0 Å². The van der Waals surface area contributed by atoms with Crippen molar-refractivity contribution in [3.63, 3.8) is 0 Å². The van der Waals surface area contributed by atoms with Crippen LogP contribution in [0, 0.1) is 0 Å². The van der Waals surface area contributed by atoms with Gasteiger partial charge in [0.1, 0.15) is 0 Å². The fourth-order valence-electron chi connectivity index (χ4n) is 3.61. The molecule has 0 bridgehead atoms. The standard InChI is InChI=1S/C22H29N7S.HI/c1-17(18-7-5-8-20(15-18)29-14-6-10-25-29)26-21(23-2)24-11-9-19-16-30-22(27-19)28-12-3-4-13-28;/h5-8,10,14-17H,3-4,9,11-13H2,1-2H3,(H2,23,24,26);1H. The Bertz CT molecular complexity index is 964. The third kappa shape index (κ3) is 6.19. The topological polar surface area (TPSA) is 70.4 Å². The maximum atomic E-state index is 4.79. The van der Waals surface area contributed by atoms with E-state index < -0.39 is 0 Å². The number of halogens is 1. The van der Waals surface area contributed by atoms with Crippen LogP contribution < -0.4 is 15.5 Å². The highest BCUT2D eigenvalue weighted by atomic mass is 127. The predicted octanol–water partition coefficient (Wildman–Crippen LogP) is 4.02. The first-order valence-corrected chi connectivity index (χ1v) is 11.4. The summed E-state index contributed by atoms with van der Waals surface area (Å²) in [6, 6.07) is 10.4. The van der Waals surface area contributed by atoms with E-state index in [2.05, 4.69) is 62.2 Å². The van der Waals surface area contributed by atoms with Gasteiger partial charge in [0.05, 0.1) is 17.4 Å². The van der Waals surface area contributed by atoms with Crippen molar-refractivity contribution in [2.45, 2.75) is 32.2 Å². The van der Waals surface area contributed by atoms with E-state index in [-0.39, 0.29) is 30.0 Å². The largest absolute Gasteiger partial charge is 0.356 e. The van der Waals surface area contributed by atoms with Crippen molar-refractivity contribution in [2.24, 2.45) is 4.99 Å². The van der Waals surface area contributed by atoms with Crippen LogP contribution in [0.15, 0.2) is 53.1 Å². The molecule has 1 aliphatic heterocycles. The Morgan fingerprint density at radius 2 is 2.10 bits per heavy atom. The van der Waals surface area contributed by atoms with Gasteiger partial charge in [0, 0.05) is 50.9 Å². The molecular formula is C22H30IN7S. The highest BCUT2D eigenvalue weighted by Gasteiger charge is 2.15. The third-order valence-electron chi connectivity index (χ3n) is 5.31. The minimum Gasteiger partial charge on any atom is -0.356 e. The lowest BCUT2D eigenvalue weighted by molar-refractivity contribution is 0.682. The van der Waals surface area contributed by atoms with Crippen LogP contribution >= 0.6 is 35.3 Å². The van der Waals surface area contributed by atoms with Crippen molar-refractivity contribution in [3.8, 4) is 5.69 Å². The molecule has 0 radical (unpaired) electrons. The molecular weight excluding hydrogens is 521 g/mol. The number of hydrogen-bond acceptors (Lipinski definition) is 5. The average molecular weight is 552 g/mol. The van der Waals surface area contributed by atoms with Crippen molar-refractivity contribution in [1.29, 1.82) is 0 Å². The Morgan fingerprint density at radius 3 is 2.84 bits per heavy atom. The Morgan fingerprint density at radius 1 is 1.26 bits per heavy atom. The molecule has 1 unspecified atom stereocenters. The maximum absolute atomic E-state index is 4.79. The number of rotatable bonds is 7. The van der Waals surface area contributed by atoms with Gasteiger partial charge in [-0.05, 0) is 43.5 Å². The second-order valence-corrected chi connectivity index (χ2v) is 8.31. The lowest BCUT2D eigenvalue weighted by Gasteiger charge is -2.19. The van der Waals surface area contributed by atoms with Crippen LogP contribution in [-0.2, 0) is 6.42 Å². The van der Waals surface area contributed by atoms with Crippen LogP contribution in [0.3, 0.4) is 0 Å². The van der Waals surface area contributed by atoms with E-state index in [1.165, 1.54) is 18.4 Å². The molecule has 166 valence electrons. The normalized spacial score (nSPS) is 14.9. The number of anilines is 1. The molecule has 0 aliphatic carbocycles. The van der Waals surface area contributed by atoms with Crippen LogP contribution in [0.2, 0.25) is 0 Å². The number of benzene rings is 1. The van der Waals surface area contributed by atoms with Crippen molar-refractivity contribution >= 4 is 46.4 Å². The number of guanidine groups is 1. The lowest BCUT2D eigenvalue weighted by atomic mass is 10.1. The van der Waals surface area contributed by atoms with E-state index in [1.807, 2.05) is 16.9 Å². The Labute approximate surface area is 205 Å². The van der Waals surface area contributed by atoms with Gasteiger partial charge in [-0.15, -0.1) is 35.3 Å². The molecule has 9 heteroatoms. The lowest BCUT2D eigenvalue weighted by Crippen LogP contribution is -2.39. The molecule has 0 amide bonds. The fraction of sp³-hybridized carbons (Fsp3) is 0.409. The highest BCUT2D eigenvalue weighted by Crippen LogP contribution is 2.24. The predicted molar refractivity (Wildman–Crippen MR) is 139 cm³/mol. The second kappa shape index (κ2) is 11.5. The van der Waals surface area contributed by atoms with Gasteiger partial charge < -0.3 is 15.5 Å². The van der Waals surface area contributed by atoms with Crippen LogP contribution in [0.5, 0.6) is 0 Å². The molecule has 1 aromatic carbocycles. The van der Waals surface area contributed by atoms with E-state index >= 15 is 0 Å². The van der Waals surface area contributed by atoms with Crippen molar-refractivity contribution in [3.05, 3.63) is 59.4 Å². The molecule has 7 nitrogen and oxygen atoms in total. The maximum Gasteiger partial charge on any atom is 0.191 e. The molecule has 1 aliphatic rings. The van der Waals surface area contributed by atoms with Crippen LogP contribution in [0.4, 0.5) is 5.13 Å². The first-order chi connectivity index (χ1) is 14.7. The summed E-state index contributed by atoms with van der Waals surface area (Å²) in [5.41, 5.74) is 3.37. The second-order valence-electron chi connectivity index (χ2n) is 7.48. The molecule has 2 N–H and O–H groups in total. The summed E-state index contributed by atoms with van der Waals surface area (Å²) in [6.45, 7) is 5.21. The molecule has 3 aromatic rings. The van der Waals surface area contributed by atoms with E-state index in [4.69, 9.17) is 4.98 Å². The zero-order valence-electron chi connectivity index (χ0n) is 18.0. The molecule has 1 fully saturated rings. The zero-order valence-corrected chi connectivity index (χ0v) is 21.1. The molecule has 2 aromatic heterocycles. The summed E-state index contributed by atoms with van der Waals surface area (Å²) >= 11 is 1.75. The van der Waals surface area contributed by atoms with Crippen LogP contribution in [0.1, 0.15) is 37.1 Å². The summed E-state index contributed by atoms with van der Waals surface area (Å²) < 4.78 is 1.87. The molecule has 3 heterocycles. The summed E-state index contributed by atoms with van der Waals surface area (Å²) in [5.74, 6) is 0.794. The fourth-order valence-corrected chi connectivity index (χ4v) is 4.53. The van der Waals surface area contributed by atoms with Gasteiger partial charge in [-0.2, -0.15) is 5.10 Å². The van der Waals surface area contributed by atoms with Gasteiger partial charge in [-0.3, -0.25) is 4.99 Å². The first kappa shape index (κ1) is 23.5. The van der Waals surface area contributed by atoms with E-state index in [0.29, 0.717) is 0 Å². The third-order valence-corrected chi connectivity index (χ3v) is 6.26. The van der Waals surface area contributed by atoms with Gasteiger partial charge in [0.15, 0.2) is 11.1 Å². The number of aromatic nitrogens is 3. The van der Waals surface area contributed by atoms with Gasteiger partial charge in [-0.25, -0.2) is 9.67 Å². The number of nitrogens with one attached hydrogen (secondary N) is 2. The molecule has 0 saturated carbocycles. The monoisotopic (exact) mass is 551 g/mol. The molecule has 31 heavy (non-hydrogen) atoms. The van der Waals surface area contributed by atoms with Gasteiger partial charge in [0.25, 0.3) is 0 Å². The first-order valence-electron chi connectivity index (χ1n) is 10.5. The number of aliphatic imine (C=N–C) groups is 1. The molecule has 1 saturated heterocycles. The van der Waals surface area contributed by atoms with Crippen LogP contribution in [0.25, 0.3) is 5.69 Å². The number of nitrogens with zero attached hydrogens (tertiary/aromatic N) is 5. The van der Waals surface area contributed by atoms with E-state index in [1.54, 1.807) is 24.6 Å². The molecule has 1 atom stereocenters. The van der Waals surface area contributed by atoms with Gasteiger partial charge in [0.2, 0.25) is 0 Å². The minimum absolute atomic E-state index is 0. The van der Waals surface area contributed by atoms with Gasteiger partial charge >= 0.3 is 0 Å². The van der Waals surface area contributed by atoms with Gasteiger partial charge in [-0.1, -0.05) is 12.1 Å². The number of hydrogen-bond donors (Lipinski definition) is 2. The zero-order chi connectivity index (χ0) is 20.8. The summed E-state index contributed by atoms with van der Waals surface area (Å²) in [6.07, 6.45) is 7.18. The van der Waals surface area contributed by atoms with E-state index in [9.17, 15) is 0 Å².